The number of hydrogen-bond acceptors (Lipinski definition) is 3. The third-order valence-electron chi connectivity index (χ3n) is 3.06. The van der Waals surface area contributed by atoms with Crippen LogP contribution in [0.3, 0.4) is 0 Å². The molecule has 0 spiro atoms. The number of aryl methyl sites for hydroxylation is 1. The first-order chi connectivity index (χ1) is 8.72. The molecule has 2 aromatic rings. The third-order valence-corrected chi connectivity index (χ3v) is 3.06. The highest BCUT2D eigenvalue weighted by atomic mass is 16.5. The van der Waals surface area contributed by atoms with Crippen LogP contribution < -0.4 is 5.32 Å². The van der Waals surface area contributed by atoms with Crippen LogP contribution in [0.25, 0.3) is 10.9 Å². The van der Waals surface area contributed by atoms with Crippen molar-refractivity contribution in [2.75, 3.05) is 25.6 Å². The second-order valence-electron chi connectivity index (χ2n) is 4.77. The fourth-order valence-corrected chi connectivity index (χ4v) is 2.10. The summed E-state index contributed by atoms with van der Waals surface area (Å²) < 4.78 is 5.15. The smallest absolute Gasteiger partial charge is 0.0751 e. The lowest BCUT2D eigenvalue weighted by Gasteiger charge is -2.14. The van der Waals surface area contributed by atoms with E-state index in [0.717, 1.165) is 24.4 Å². The standard InChI is InChI=1S/C15H20N2O/c1-11(10-18-3)9-17-14-7-6-12(2)15-13(14)5-4-8-16-15/h4-8,11,17H,9-10H2,1-3H3. The molecule has 0 bridgehead atoms. The summed E-state index contributed by atoms with van der Waals surface area (Å²) in [7, 11) is 1.74. The van der Waals surface area contributed by atoms with Gasteiger partial charge in [0.15, 0.2) is 0 Å². The van der Waals surface area contributed by atoms with Gasteiger partial charge in [-0.15, -0.1) is 0 Å². The Morgan fingerprint density at radius 1 is 1.33 bits per heavy atom. The van der Waals surface area contributed by atoms with Crippen LogP contribution in [0, 0.1) is 12.8 Å². The van der Waals surface area contributed by atoms with Gasteiger partial charge in [-0.2, -0.15) is 0 Å². The minimum Gasteiger partial charge on any atom is -0.384 e. The molecule has 2 rings (SSSR count). The molecule has 0 saturated carbocycles. The van der Waals surface area contributed by atoms with E-state index < -0.39 is 0 Å². The van der Waals surface area contributed by atoms with Gasteiger partial charge in [0.05, 0.1) is 12.1 Å². The molecule has 3 nitrogen and oxygen atoms in total. The Labute approximate surface area is 108 Å². The van der Waals surface area contributed by atoms with Crippen molar-refractivity contribution in [2.45, 2.75) is 13.8 Å². The fourth-order valence-electron chi connectivity index (χ4n) is 2.10. The monoisotopic (exact) mass is 244 g/mol. The first kappa shape index (κ1) is 12.8. The van der Waals surface area contributed by atoms with Crippen molar-refractivity contribution in [2.24, 2.45) is 5.92 Å². The number of fused-ring (bicyclic) bond motifs is 1. The highest BCUT2D eigenvalue weighted by Crippen LogP contribution is 2.24. The molecule has 0 fully saturated rings. The van der Waals surface area contributed by atoms with Gasteiger partial charge in [-0.25, -0.2) is 0 Å². The lowest BCUT2D eigenvalue weighted by Crippen LogP contribution is -2.16. The van der Waals surface area contributed by atoms with Crippen LogP contribution >= 0.6 is 0 Å². The van der Waals surface area contributed by atoms with Crippen molar-refractivity contribution in [3.8, 4) is 0 Å². The molecule has 1 aromatic heterocycles. The molecule has 0 aliphatic carbocycles. The topological polar surface area (TPSA) is 34.1 Å². The third kappa shape index (κ3) is 2.79. The number of ether oxygens (including phenoxy) is 1. The van der Waals surface area contributed by atoms with Gasteiger partial charge in [0.1, 0.15) is 0 Å². The van der Waals surface area contributed by atoms with E-state index in [1.165, 1.54) is 10.9 Å². The predicted molar refractivity (Wildman–Crippen MR) is 76.0 cm³/mol. The fraction of sp³-hybridized carbons (Fsp3) is 0.400. The first-order valence-electron chi connectivity index (χ1n) is 6.29. The second-order valence-corrected chi connectivity index (χ2v) is 4.77. The van der Waals surface area contributed by atoms with E-state index in [1.54, 1.807) is 7.11 Å². The van der Waals surface area contributed by atoms with E-state index in [9.17, 15) is 0 Å². The van der Waals surface area contributed by atoms with Crippen LogP contribution in [0.2, 0.25) is 0 Å². The Bertz CT molecular complexity index is 525. The summed E-state index contributed by atoms with van der Waals surface area (Å²) in [4.78, 5) is 4.44. The first-order valence-corrected chi connectivity index (χ1v) is 6.29. The summed E-state index contributed by atoms with van der Waals surface area (Å²) >= 11 is 0. The Morgan fingerprint density at radius 2 is 2.17 bits per heavy atom. The molecule has 1 unspecified atom stereocenters. The second kappa shape index (κ2) is 5.83. The number of methoxy groups -OCH3 is 1. The van der Waals surface area contributed by atoms with E-state index in [2.05, 4.69) is 42.3 Å². The largest absolute Gasteiger partial charge is 0.384 e. The highest BCUT2D eigenvalue weighted by molar-refractivity contribution is 5.93. The van der Waals surface area contributed by atoms with E-state index in [1.807, 2.05) is 12.3 Å². The molecular formula is C15H20N2O. The Hall–Kier alpha value is -1.61. The predicted octanol–water partition coefficient (Wildman–Crippen LogP) is 3.24. The van der Waals surface area contributed by atoms with Gasteiger partial charge < -0.3 is 10.1 Å². The minimum atomic E-state index is 0.489. The number of pyridine rings is 1. The number of nitrogens with one attached hydrogen (secondary N) is 1. The maximum Gasteiger partial charge on any atom is 0.0751 e. The molecule has 1 atom stereocenters. The summed E-state index contributed by atoms with van der Waals surface area (Å²) in [6.45, 7) is 5.94. The number of nitrogens with zero attached hydrogens (tertiary/aromatic N) is 1. The van der Waals surface area contributed by atoms with Crippen LogP contribution in [0.5, 0.6) is 0 Å². The maximum absolute atomic E-state index is 5.15. The maximum atomic E-state index is 5.15. The quantitative estimate of drug-likeness (QED) is 0.876. The van der Waals surface area contributed by atoms with Crippen molar-refractivity contribution in [1.82, 2.24) is 4.98 Å². The van der Waals surface area contributed by atoms with E-state index in [-0.39, 0.29) is 0 Å². The summed E-state index contributed by atoms with van der Waals surface area (Å²) in [5.74, 6) is 0.489. The van der Waals surface area contributed by atoms with E-state index >= 15 is 0 Å². The van der Waals surface area contributed by atoms with Crippen molar-refractivity contribution < 1.29 is 4.74 Å². The van der Waals surface area contributed by atoms with Crippen LogP contribution in [-0.4, -0.2) is 25.2 Å². The lowest BCUT2D eigenvalue weighted by atomic mass is 10.1. The highest BCUT2D eigenvalue weighted by Gasteiger charge is 2.06. The molecule has 96 valence electrons. The van der Waals surface area contributed by atoms with Crippen molar-refractivity contribution >= 4 is 16.6 Å². The van der Waals surface area contributed by atoms with Crippen LogP contribution in [0.4, 0.5) is 5.69 Å². The Balaban J connectivity index is 2.21. The van der Waals surface area contributed by atoms with Crippen LogP contribution in [-0.2, 0) is 4.74 Å². The molecule has 1 heterocycles. The number of aromatic nitrogens is 1. The molecule has 0 radical (unpaired) electrons. The van der Waals surface area contributed by atoms with Crippen molar-refractivity contribution in [3.63, 3.8) is 0 Å². The average molecular weight is 244 g/mol. The van der Waals surface area contributed by atoms with Gasteiger partial charge in [0.2, 0.25) is 0 Å². The molecule has 3 heteroatoms. The molecule has 0 aliphatic heterocycles. The van der Waals surface area contributed by atoms with Crippen LogP contribution in [0.1, 0.15) is 12.5 Å². The summed E-state index contributed by atoms with van der Waals surface area (Å²) in [5.41, 5.74) is 3.43. The molecule has 1 aromatic carbocycles. The number of hydrogen-bond donors (Lipinski definition) is 1. The molecule has 0 saturated heterocycles. The SMILES string of the molecule is COCC(C)CNc1ccc(C)c2ncccc12. The van der Waals surface area contributed by atoms with Gasteiger partial charge in [0.25, 0.3) is 0 Å². The number of anilines is 1. The zero-order chi connectivity index (χ0) is 13.0. The van der Waals surface area contributed by atoms with Gasteiger partial charge >= 0.3 is 0 Å². The molecule has 1 N–H and O–H groups in total. The zero-order valence-electron chi connectivity index (χ0n) is 11.2. The van der Waals surface area contributed by atoms with Gasteiger partial charge in [-0.1, -0.05) is 13.0 Å². The summed E-state index contributed by atoms with van der Waals surface area (Å²) in [5, 5.41) is 4.66. The number of benzene rings is 1. The summed E-state index contributed by atoms with van der Waals surface area (Å²) in [6, 6.07) is 8.32. The van der Waals surface area contributed by atoms with Gasteiger partial charge in [-0.3, -0.25) is 4.98 Å². The average Bonchev–Trinajstić information content (AvgIpc) is 2.39. The molecular weight excluding hydrogens is 224 g/mol. The number of rotatable bonds is 5. The van der Waals surface area contributed by atoms with Crippen molar-refractivity contribution in [1.29, 1.82) is 0 Å². The minimum absolute atomic E-state index is 0.489. The molecule has 18 heavy (non-hydrogen) atoms. The van der Waals surface area contributed by atoms with Crippen LogP contribution in [0.15, 0.2) is 30.5 Å². The lowest BCUT2D eigenvalue weighted by molar-refractivity contribution is 0.164. The van der Waals surface area contributed by atoms with Gasteiger partial charge in [0, 0.05) is 30.9 Å². The Kier molecular flexibility index (Phi) is 4.15. The normalized spacial score (nSPS) is 12.6. The zero-order valence-corrected chi connectivity index (χ0v) is 11.2. The Morgan fingerprint density at radius 3 is 2.94 bits per heavy atom. The summed E-state index contributed by atoms with van der Waals surface area (Å²) in [6.07, 6.45) is 1.84. The molecule has 0 amide bonds. The van der Waals surface area contributed by atoms with E-state index in [0.29, 0.717) is 5.92 Å². The molecule has 0 aliphatic rings. The van der Waals surface area contributed by atoms with Gasteiger partial charge in [-0.05, 0) is 36.6 Å². The van der Waals surface area contributed by atoms with Crippen molar-refractivity contribution in [3.05, 3.63) is 36.0 Å². The van der Waals surface area contributed by atoms with E-state index in [4.69, 9.17) is 4.74 Å².